The molecule has 1 fully saturated rings. The molecule has 41 heavy (non-hydrogen) atoms. The summed E-state index contributed by atoms with van der Waals surface area (Å²) in [6, 6.07) is 12.4. The number of halogens is 3. The molecule has 0 radical (unpaired) electrons. The maximum atomic E-state index is 13.4. The minimum absolute atomic E-state index is 0.257. The zero-order valence-electron chi connectivity index (χ0n) is 22.1. The summed E-state index contributed by atoms with van der Waals surface area (Å²) in [5.74, 6) is -1.42. The van der Waals surface area contributed by atoms with Crippen LogP contribution in [0.2, 0.25) is 10.0 Å². The molecule has 3 aromatic carbocycles. The van der Waals surface area contributed by atoms with E-state index in [2.05, 4.69) is 10.6 Å². The number of carbonyl (C=O) groups excluding carboxylic acids is 4. The van der Waals surface area contributed by atoms with Crippen LogP contribution >= 0.6 is 45.8 Å². The van der Waals surface area contributed by atoms with E-state index in [1.54, 1.807) is 62.4 Å². The van der Waals surface area contributed by atoms with Crippen molar-refractivity contribution in [3.63, 3.8) is 0 Å². The third-order valence-corrected chi connectivity index (χ3v) is 7.65. The van der Waals surface area contributed by atoms with E-state index in [1.807, 2.05) is 29.5 Å². The Morgan fingerprint density at radius 2 is 1.80 bits per heavy atom. The van der Waals surface area contributed by atoms with Crippen molar-refractivity contribution in [3.8, 4) is 11.5 Å². The van der Waals surface area contributed by atoms with Crippen LogP contribution in [0, 0.1) is 17.4 Å². The molecule has 12 heteroatoms. The summed E-state index contributed by atoms with van der Waals surface area (Å²) in [5, 5.41) is 5.84. The van der Waals surface area contributed by atoms with Crippen LogP contribution in [-0.4, -0.2) is 37.0 Å². The van der Waals surface area contributed by atoms with Crippen LogP contribution in [0.4, 0.5) is 16.2 Å². The van der Waals surface area contributed by atoms with Gasteiger partial charge in [0.2, 0.25) is 0 Å². The molecule has 1 saturated heterocycles. The lowest BCUT2D eigenvalue weighted by Gasteiger charge is -2.27. The van der Waals surface area contributed by atoms with E-state index in [1.165, 1.54) is 6.08 Å². The second kappa shape index (κ2) is 12.9. The molecule has 0 bridgehead atoms. The lowest BCUT2D eigenvalue weighted by atomic mass is 10.1. The predicted molar refractivity (Wildman–Crippen MR) is 166 cm³/mol. The molecule has 1 aliphatic heterocycles. The Kier molecular flexibility index (Phi) is 9.57. The van der Waals surface area contributed by atoms with E-state index in [0.29, 0.717) is 41.9 Å². The lowest BCUT2D eigenvalue weighted by molar-refractivity contribution is -0.122. The Balaban J connectivity index is 1.59. The number of rotatable bonds is 8. The van der Waals surface area contributed by atoms with Gasteiger partial charge in [-0.1, -0.05) is 35.3 Å². The topological polar surface area (TPSA) is 114 Å². The third-order valence-electron chi connectivity index (χ3n) is 6.03. The number of hydrogen-bond donors (Lipinski definition) is 2. The highest BCUT2D eigenvalue weighted by Gasteiger charge is 2.37. The number of aryl methyl sites for hydroxylation is 1. The summed E-state index contributed by atoms with van der Waals surface area (Å²) in [4.78, 5) is 52.1. The van der Waals surface area contributed by atoms with E-state index in [9.17, 15) is 19.2 Å². The first kappa shape index (κ1) is 30.4. The Labute approximate surface area is 259 Å². The molecule has 9 nitrogen and oxygen atoms in total. The highest BCUT2D eigenvalue weighted by Crippen LogP contribution is 2.36. The number of amides is 5. The molecule has 3 aromatic rings. The summed E-state index contributed by atoms with van der Waals surface area (Å²) in [6.45, 7) is 5.30. The van der Waals surface area contributed by atoms with Crippen molar-refractivity contribution in [2.75, 3.05) is 23.4 Å². The number of benzene rings is 3. The Morgan fingerprint density at radius 3 is 2.51 bits per heavy atom. The standard InChI is InChI=1S/C29H24Cl2IN3O6/c1-4-40-24-12-17(11-22(32)26(24)41-14-25(36)33-18-9-8-15(2)21(31)13-18)10-19-27(37)34-29(39)35(28(19)38)23-7-5-6-20(30)16(23)3/h5-13H,4,14H2,1-3H3,(H,33,36)(H,34,37,39)/b19-10-. The number of nitrogens with one attached hydrogen (secondary N) is 2. The minimum Gasteiger partial charge on any atom is -0.490 e. The predicted octanol–water partition coefficient (Wildman–Crippen LogP) is 6.30. The fourth-order valence-electron chi connectivity index (χ4n) is 3.96. The number of barbiturate groups is 1. The number of hydrogen-bond acceptors (Lipinski definition) is 6. The van der Waals surface area contributed by atoms with Gasteiger partial charge in [-0.25, -0.2) is 9.69 Å². The van der Waals surface area contributed by atoms with Crippen molar-refractivity contribution in [3.05, 3.63) is 84.4 Å². The van der Waals surface area contributed by atoms with Gasteiger partial charge in [-0.3, -0.25) is 19.7 Å². The van der Waals surface area contributed by atoms with Crippen molar-refractivity contribution in [1.29, 1.82) is 0 Å². The molecule has 5 amide bonds. The van der Waals surface area contributed by atoms with Crippen LogP contribution in [0.15, 0.2) is 54.1 Å². The molecule has 0 spiro atoms. The van der Waals surface area contributed by atoms with Crippen LogP contribution in [0.25, 0.3) is 6.08 Å². The molecular formula is C29H24Cl2IN3O6. The molecule has 0 unspecified atom stereocenters. The van der Waals surface area contributed by atoms with Crippen LogP contribution in [0.1, 0.15) is 23.6 Å². The second-order valence-corrected chi connectivity index (χ2v) is 10.9. The van der Waals surface area contributed by atoms with Crippen molar-refractivity contribution < 1.29 is 28.7 Å². The summed E-state index contributed by atoms with van der Waals surface area (Å²) in [7, 11) is 0. The molecule has 0 atom stereocenters. The van der Waals surface area contributed by atoms with E-state index in [0.717, 1.165) is 10.5 Å². The van der Waals surface area contributed by atoms with Crippen molar-refractivity contribution in [2.24, 2.45) is 0 Å². The van der Waals surface area contributed by atoms with Crippen molar-refractivity contribution >= 4 is 87.0 Å². The van der Waals surface area contributed by atoms with Gasteiger partial charge in [0.25, 0.3) is 17.7 Å². The zero-order valence-corrected chi connectivity index (χ0v) is 25.8. The molecule has 212 valence electrons. The number of urea groups is 1. The van der Waals surface area contributed by atoms with Gasteiger partial charge in [-0.15, -0.1) is 0 Å². The molecule has 1 heterocycles. The van der Waals surface area contributed by atoms with E-state index in [4.69, 9.17) is 32.7 Å². The van der Waals surface area contributed by atoms with Gasteiger partial charge in [0.1, 0.15) is 5.57 Å². The third kappa shape index (κ3) is 6.83. The Bertz CT molecular complexity index is 1610. The molecule has 2 N–H and O–H groups in total. The van der Waals surface area contributed by atoms with Gasteiger partial charge in [0.05, 0.1) is 15.9 Å². The maximum Gasteiger partial charge on any atom is 0.335 e. The lowest BCUT2D eigenvalue weighted by Crippen LogP contribution is -2.54. The smallest absolute Gasteiger partial charge is 0.335 e. The van der Waals surface area contributed by atoms with Gasteiger partial charge in [0.15, 0.2) is 18.1 Å². The average Bonchev–Trinajstić information content (AvgIpc) is 2.90. The normalized spacial score (nSPS) is 14.2. The number of carbonyl (C=O) groups is 4. The van der Waals surface area contributed by atoms with Crippen LogP contribution < -0.4 is 25.0 Å². The van der Waals surface area contributed by atoms with Crippen LogP contribution in [0.5, 0.6) is 11.5 Å². The highest BCUT2D eigenvalue weighted by atomic mass is 127. The van der Waals surface area contributed by atoms with Crippen LogP contribution in [-0.2, 0) is 14.4 Å². The second-order valence-electron chi connectivity index (χ2n) is 8.91. The van der Waals surface area contributed by atoms with Gasteiger partial charge in [-0.05, 0) is 103 Å². The summed E-state index contributed by atoms with van der Waals surface area (Å²) in [5.41, 5.74) is 2.38. The van der Waals surface area contributed by atoms with Gasteiger partial charge < -0.3 is 14.8 Å². The first-order chi connectivity index (χ1) is 19.5. The summed E-state index contributed by atoms with van der Waals surface area (Å²) < 4.78 is 12.1. The molecule has 0 aromatic heterocycles. The minimum atomic E-state index is -0.873. The number of nitrogens with zero attached hydrogens (tertiary/aromatic N) is 1. The monoisotopic (exact) mass is 707 g/mol. The van der Waals surface area contributed by atoms with Gasteiger partial charge in [-0.2, -0.15) is 0 Å². The maximum absolute atomic E-state index is 13.4. The van der Waals surface area contributed by atoms with E-state index in [-0.39, 0.29) is 24.5 Å². The average molecular weight is 708 g/mol. The molecular weight excluding hydrogens is 684 g/mol. The zero-order chi connectivity index (χ0) is 29.8. The van der Waals surface area contributed by atoms with Gasteiger partial charge in [0, 0.05) is 15.7 Å². The molecule has 4 rings (SSSR count). The Morgan fingerprint density at radius 1 is 1.05 bits per heavy atom. The number of imide groups is 2. The molecule has 0 saturated carbocycles. The Hall–Kier alpha value is -3.61. The van der Waals surface area contributed by atoms with E-state index < -0.39 is 23.8 Å². The van der Waals surface area contributed by atoms with Crippen molar-refractivity contribution in [2.45, 2.75) is 20.8 Å². The quantitative estimate of drug-likeness (QED) is 0.162. The molecule has 0 aliphatic carbocycles. The first-order valence-corrected chi connectivity index (χ1v) is 14.1. The summed E-state index contributed by atoms with van der Waals surface area (Å²) in [6.07, 6.45) is 1.36. The van der Waals surface area contributed by atoms with Crippen LogP contribution in [0.3, 0.4) is 0 Å². The van der Waals surface area contributed by atoms with E-state index >= 15 is 0 Å². The summed E-state index contributed by atoms with van der Waals surface area (Å²) >= 11 is 14.3. The highest BCUT2D eigenvalue weighted by molar-refractivity contribution is 14.1. The fourth-order valence-corrected chi connectivity index (χ4v) is 5.09. The van der Waals surface area contributed by atoms with Gasteiger partial charge >= 0.3 is 6.03 Å². The number of ether oxygens (including phenoxy) is 2. The number of anilines is 2. The first-order valence-electron chi connectivity index (χ1n) is 12.3. The van der Waals surface area contributed by atoms with Crippen molar-refractivity contribution in [1.82, 2.24) is 5.32 Å². The molecule has 1 aliphatic rings. The largest absolute Gasteiger partial charge is 0.490 e. The SMILES string of the molecule is CCOc1cc(/C=C2/C(=O)NC(=O)N(c3cccc(Cl)c3C)C2=O)cc(I)c1OCC(=O)Nc1ccc(C)c(Cl)c1. The fraction of sp³-hybridized carbons (Fsp3) is 0.172.